The van der Waals surface area contributed by atoms with Gasteiger partial charge in [-0.2, -0.15) is 0 Å². The zero-order valence-corrected chi connectivity index (χ0v) is 13.3. The summed E-state index contributed by atoms with van der Waals surface area (Å²) in [5.41, 5.74) is 8.26. The average molecular weight is 389 g/mol. The molecule has 0 aromatic heterocycles. The summed E-state index contributed by atoms with van der Waals surface area (Å²) in [6.45, 7) is 2.51. The van der Waals surface area contributed by atoms with Gasteiger partial charge in [0, 0.05) is 3.57 Å². The molecule has 2 aromatic carbocycles. The minimum absolute atomic E-state index is 0.581. The molecule has 0 bridgehead atoms. The SMILES string of the molecule is CCOc1cccc(Nc2ccc(I)cc2Cl)c1N. The van der Waals surface area contributed by atoms with Gasteiger partial charge in [0.2, 0.25) is 0 Å². The van der Waals surface area contributed by atoms with Crippen molar-refractivity contribution in [3.63, 3.8) is 0 Å². The van der Waals surface area contributed by atoms with E-state index in [2.05, 4.69) is 27.9 Å². The Bertz CT molecular complexity index is 590. The Hall–Kier alpha value is -1.14. The number of nitrogen functional groups attached to an aromatic ring is 1. The molecular weight excluding hydrogens is 375 g/mol. The largest absolute Gasteiger partial charge is 0.492 e. The molecule has 0 saturated carbocycles. The second-order valence-electron chi connectivity index (χ2n) is 3.90. The van der Waals surface area contributed by atoms with Crippen molar-refractivity contribution in [1.82, 2.24) is 0 Å². The van der Waals surface area contributed by atoms with Gasteiger partial charge in [-0.25, -0.2) is 0 Å². The Kier molecular flexibility index (Phi) is 4.76. The number of para-hydroxylation sites is 1. The number of hydrogen-bond acceptors (Lipinski definition) is 3. The van der Waals surface area contributed by atoms with E-state index in [9.17, 15) is 0 Å². The van der Waals surface area contributed by atoms with Crippen LogP contribution in [-0.4, -0.2) is 6.61 Å². The Morgan fingerprint density at radius 2 is 2.05 bits per heavy atom. The number of ether oxygens (including phenoxy) is 1. The van der Waals surface area contributed by atoms with E-state index >= 15 is 0 Å². The molecule has 5 heteroatoms. The van der Waals surface area contributed by atoms with E-state index in [1.165, 1.54) is 0 Å². The summed E-state index contributed by atoms with van der Waals surface area (Å²) in [5.74, 6) is 0.675. The summed E-state index contributed by atoms with van der Waals surface area (Å²) < 4.78 is 6.55. The van der Waals surface area contributed by atoms with E-state index in [0.717, 1.165) is 14.9 Å². The third-order valence-electron chi connectivity index (χ3n) is 2.57. The maximum atomic E-state index is 6.19. The van der Waals surface area contributed by atoms with Crippen LogP contribution >= 0.6 is 34.2 Å². The van der Waals surface area contributed by atoms with Gasteiger partial charge < -0.3 is 15.8 Å². The van der Waals surface area contributed by atoms with Crippen molar-refractivity contribution in [3.05, 3.63) is 45.0 Å². The van der Waals surface area contributed by atoms with Gasteiger partial charge in [0.25, 0.3) is 0 Å². The highest BCUT2D eigenvalue weighted by Gasteiger charge is 2.08. The normalized spacial score (nSPS) is 10.3. The van der Waals surface area contributed by atoms with E-state index < -0.39 is 0 Å². The molecular formula is C14H14ClIN2O. The maximum Gasteiger partial charge on any atom is 0.144 e. The number of benzene rings is 2. The molecule has 100 valence electrons. The average Bonchev–Trinajstić information content (AvgIpc) is 2.37. The molecule has 0 aliphatic heterocycles. The molecule has 0 unspecified atom stereocenters. The highest BCUT2D eigenvalue weighted by molar-refractivity contribution is 14.1. The molecule has 0 radical (unpaired) electrons. The van der Waals surface area contributed by atoms with Gasteiger partial charge in [-0.3, -0.25) is 0 Å². The molecule has 2 aromatic rings. The van der Waals surface area contributed by atoms with Crippen LogP contribution in [0.15, 0.2) is 36.4 Å². The van der Waals surface area contributed by atoms with Crippen molar-refractivity contribution in [2.45, 2.75) is 6.92 Å². The van der Waals surface area contributed by atoms with Gasteiger partial charge >= 0.3 is 0 Å². The molecule has 0 spiro atoms. The smallest absolute Gasteiger partial charge is 0.144 e. The van der Waals surface area contributed by atoms with Crippen molar-refractivity contribution >= 4 is 51.3 Å². The molecule has 0 atom stereocenters. The van der Waals surface area contributed by atoms with Crippen molar-refractivity contribution in [2.24, 2.45) is 0 Å². The molecule has 0 heterocycles. The summed E-state index contributed by atoms with van der Waals surface area (Å²) in [4.78, 5) is 0. The first-order chi connectivity index (χ1) is 9.11. The van der Waals surface area contributed by atoms with Gasteiger partial charge in [-0.05, 0) is 59.8 Å². The zero-order valence-electron chi connectivity index (χ0n) is 10.4. The maximum absolute atomic E-state index is 6.19. The second kappa shape index (κ2) is 6.34. The third-order valence-corrected chi connectivity index (χ3v) is 3.55. The number of nitrogens with one attached hydrogen (secondary N) is 1. The van der Waals surface area contributed by atoms with E-state index in [1.54, 1.807) is 0 Å². The van der Waals surface area contributed by atoms with Crippen molar-refractivity contribution < 1.29 is 4.74 Å². The topological polar surface area (TPSA) is 47.3 Å². The summed E-state index contributed by atoms with van der Waals surface area (Å²) in [7, 11) is 0. The minimum Gasteiger partial charge on any atom is -0.492 e. The van der Waals surface area contributed by atoms with Crippen molar-refractivity contribution in [2.75, 3.05) is 17.7 Å². The monoisotopic (exact) mass is 388 g/mol. The second-order valence-corrected chi connectivity index (χ2v) is 5.55. The first-order valence-corrected chi connectivity index (χ1v) is 7.31. The molecule has 2 rings (SSSR count). The number of halogens is 2. The molecule has 0 amide bonds. The molecule has 3 N–H and O–H groups in total. The summed E-state index contributed by atoms with van der Waals surface area (Å²) in [6, 6.07) is 11.4. The zero-order chi connectivity index (χ0) is 13.8. The first-order valence-electron chi connectivity index (χ1n) is 5.85. The molecule has 19 heavy (non-hydrogen) atoms. The number of anilines is 3. The fourth-order valence-electron chi connectivity index (χ4n) is 1.67. The predicted molar refractivity (Wildman–Crippen MR) is 89.5 cm³/mol. The van der Waals surface area contributed by atoms with Crippen LogP contribution in [0.4, 0.5) is 17.1 Å². The van der Waals surface area contributed by atoms with E-state index in [1.807, 2.05) is 43.3 Å². The molecule has 3 nitrogen and oxygen atoms in total. The highest BCUT2D eigenvalue weighted by atomic mass is 127. The lowest BCUT2D eigenvalue weighted by atomic mass is 10.2. The number of hydrogen-bond donors (Lipinski definition) is 2. The fourth-order valence-corrected chi connectivity index (χ4v) is 2.57. The minimum atomic E-state index is 0.581. The van der Waals surface area contributed by atoms with Crippen LogP contribution in [-0.2, 0) is 0 Å². The van der Waals surface area contributed by atoms with Crippen LogP contribution in [0, 0.1) is 3.57 Å². The molecule has 0 saturated heterocycles. The standard InChI is InChI=1S/C14H14ClIN2O/c1-2-19-13-5-3-4-12(14(13)17)18-11-7-6-9(16)8-10(11)15/h3-8,18H,2,17H2,1H3. The van der Waals surface area contributed by atoms with Gasteiger partial charge in [0.05, 0.1) is 28.7 Å². The molecule has 0 aliphatic carbocycles. The Labute approximate surface area is 131 Å². The third kappa shape index (κ3) is 3.45. The Morgan fingerprint density at radius 1 is 1.26 bits per heavy atom. The van der Waals surface area contributed by atoms with E-state index in [4.69, 9.17) is 22.1 Å². The number of nitrogens with two attached hydrogens (primary N) is 1. The summed E-state index contributed by atoms with van der Waals surface area (Å²) in [6.07, 6.45) is 0. The van der Waals surface area contributed by atoms with Crippen molar-refractivity contribution in [1.29, 1.82) is 0 Å². The highest BCUT2D eigenvalue weighted by Crippen LogP contribution is 2.34. The summed E-state index contributed by atoms with van der Waals surface area (Å²) in [5, 5.41) is 3.89. The molecule has 0 aliphatic rings. The van der Waals surface area contributed by atoms with Gasteiger partial charge in [0.15, 0.2) is 0 Å². The van der Waals surface area contributed by atoms with Gasteiger partial charge in [0.1, 0.15) is 5.75 Å². The predicted octanol–water partition coefficient (Wildman–Crippen LogP) is 4.67. The lowest BCUT2D eigenvalue weighted by Crippen LogP contribution is -2.01. The fraction of sp³-hybridized carbons (Fsp3) is 0.143. The van der Waals surface area contributed by atoms with Crippen molar-refractivity contribution in [3.8, 4) is 5.75 Å². The van der Waals surface area contributed by atoms with Gasteiger partial charge in [-0.15, -0.1) is 0 Å². The van der Waals surface area contributed by atoms with E-state index in [-0.39, 0.29) is 0 Å². The van der Waals surface area contributed by atoms with Crippen LogP contribution in [0.25, 0.3) is 0 Å². The first kappa shape index (κ1) is 14.3. The lowest BCUT2D eigenvalue weighted by Gasteiger charge is -2.14. The van der Waals surface area contributed by atoms with E-state index in [0.29, 0.717) is 23.1 Å². The lowest BCUT2D eigenvalue weighted by molar-refractivity contribution is 0.342. The van der Waals surface area contributed by atoms with Gasteiger partial charge in [-0.1, -0.05) is 17.7 Å². The quantitative estimate of drug-likeness (QED) is 0.591. The summed E-state index contributed by atoms with van der Waals surface area (Å²) >= 11 is 8.41. The molecule has 0 fully saturated rings. The number of rotatable bonds is 4. The van der Waals surface area contributed by atoms with Crippen LogP contribution < -0.4 is 15.8 Å². The van der Waals surface area contributed by atoms with Crippen LogP contribution in [0.2, 0.25) is 5.02 Å². The Morgan fingerprint density at radius 3 is 2.74 bits per heavy atom. The van der Waals surface area contributed by atoms with Crippen LogP contribution in [0.1, 0.15) is 6.92 Å². The Balaban J connectivity index is 2.30. The van der Waals surface area contributed by atoms with Crippen LogP contribution in [0.5, 0.6) is 5.75 Å². The van der Waals surface area contributed by atoms with Crippen LogP contribution in [0.3, 0.4) is 0 Å².